The third kappa shape index (κ3) is 4.10. The van der Waals surface area contributed by atoms with Gasteiger partial charge in [0, 0.05) is 19.0 Å². The Bertz CT molecular complexity index is 629. The van der Waals surface area contributed by atoms with Crippen molar-refractivity contribution in [2.45, 2.75) is 13.5 Å². The maximum atomic E-state index is 11.4. The predicted molar refractivity (Wildman–Crippen MR) is 80.8 cm³/mol. The fourth-order valence-electron chi connectivity index (χ4n) is 1.74. The van der Waals surface area contributed by atoms with E-state index in [-0.39, 0.29) is 12.5 Å². The number of hydrogen-bond donors (Lipinski definition) is 1. The summed E-state index contributed by atoms with van der Waals surface area (Å²) in [6.45, 7) is 2.76. The molecule has 0 spiro atoms. The second-order valence-corrected chi connectivity index (χ2v) is 4.26. The third-order valence-electron chi connectivity index (χ3n) is 2.73. The molecule has 0 fully saturated rings. The SMILES string of the molecule is CC/N=C/c1ccnc(N(Cc2ccccc2)C(=O)O)n1. The van der Waals surface area contributed by atoms with E-state index in [2.05, 4.69) is 15.0 Å². The lowest BCUT2D eigenvalue weighted by atomic mass is 10.2. The quantitative estimate of drug-likeness (QED) is 0.856. The first kappa shape index (κ1) is 14.6. The van der Waals surface area contributed by atoms with Crippen LogP contribution in [0.2, 0.25) is 0 Å². The standard InChI is InChI=1S/C15H16N4O2/c1-2-16-10-13-8-9-17-14(18-13)19(15(20)21)11-12-6-4-3-5-7-12/h3-10H,2,11H2,1H3,(H,20,21)/b16-10+. The number of amides is 1. The predicted octanol–water partition coefficient (Wildman–Crippen LogP) is 2.60. The number of aliphatic imine (C=N–C) groups is 1. The molecule has 0 aliphatic carbocycles. The van der Waals surface area contributed by atoms with Crippen molar-refractivity contribution in [2.24, 2.45) is 4.99 Å². The van der Waals surface area contributed by atoms with E-state index in [9.17, 15) is 9.90 Å². The zero-order valence-electron chi connectivity index (χ0n) is 11.7. The number of anilines is 1. The van der Waals surface area contributed by atoms with Crippen LogP contribution in [0.3, 0.4) is 0 Å². The molecule has 0 unspecified atom stereocenters. The average molecular weight is 284 g/mol. The smallest absolute Gasteiger partial charge is 0.414 e. The highest BCUT2D eigenvalue weighted by Gasteiger charge is 2.17. The highest BCUT2D eigenvalue weighted by molar-refractivity contribution is 5.84. The van der Waals surface area contributed by atoms with Gasteiger partial charge in [-0.05, 0) is 18.6 Å². The van der Waals surface area contributed by atoms with Gasteiger partial charge in [-0.2, -0.15) is 0 Å². The summed E-state index contributed by atoms with van der Waals surface area (Å²) in [6.07, 6.45) is 2.04. The molecule has 21 heavy (non-hydrogen) atoms. The highest BCUT2D eigenvalue weighted by atomic mass is 16.4. The summed E-state index contributed by atoms with van der Waals surface area (Å²) < 4.78 is 0. The van der Waals surface area contributed by atoms with E-state index >= 15 is 0 Å². The Kier molecular flexibility index (Phi) is 4.98. The first-order valence-electron chi connectivity index (χ1n) is 6.58. The van der Waals surface area contributed by atoms with Crippen molar-refractivity contribution in [3.63, 3.8) is 0 Å². The van der Waals surface area contributed by atoms with Gasteiger partial charge in [0.1, 0.15) is 0 Å². The molecule has 0 aliphatic rings. The van der Waals surface area contributed by atoms with Crippen LogP contribution in [0.25, 0.3) is 0 Å². The molecule has 0 aliphatic heterocycles. The van der Waals surface area contributed by atoms with Crippen molar-refractivity contribution < 1.29 is 9.90 Å². The fraction of sp³-hybridized carbons (Fsp3) is 0.200. The molecular formula is C15H16N4O2. The molecule has 2 rings (SSSR count). The van der Waals surface area contributed by atoms with E-state index in [0.29, 0.717) is 12.2 Å². The van der Waals surface area contributed by atoms with E-state index in [1.807, 2.05) is 37.3 Å². The summed E-state index contributed by atoms with van der Waals surface area (Å²) in [5, 5.41) is 9.37. The largest absolute Gasteiger partial charge is 0.465 e. The van der Waals surface area contributed by atoms with E-state index in [4.69, 9.17) is 0 Å². The Labute approximate surface area is 122 Å². The van der Waals surface area contributed by atoms with Crippen LogP contribution >= 0.6 is 0 Å². The molecule has 0 radical (unpaired) electrons. The molecule has 2 aromatic rings. The minimum Gasteiger partial charge on any atom is -0.465 e. The molecule has 0 saturated carbocycles. The molecule has 1 aromatic carbocycles. The van der Waals surface area contributed by atoms with Crippen LogP contribution in [0, 0.1) is 0 Å². The molecular weight excluding hydrogens is 268 g/mol. The second kappa shape index (κ2) is 7.14. The number of hydrogen-bond acceptors (Lipinski definition) is 4. The van der Waals surface area contributed by atoms with Gasteiger partial charge in [-0.15, -0.1) is 0 Å². The van der Waals surface area contributed by atoms with Crippen LogP contribution in [-0.2, 0) is 6.54 Å². The lowest BCUT2D eigenvalue weighted by Crippen LogP contribution is -2.30. The van der Waals surface area contributed by atoms with Gasteiger partial charge in [-0.1, -0.05) is 30.3 Å². The van der Waals surface area contributed by atoms with Crippen LogP contribution in [0.15, 0.2) is 47.6 Å². The van der Waals surface area contributed by atoms with Crippen molar-refractivity contribution in [3.05, 3.63) is 53.9 Å². The average Bonchev–Trinajstić information content (AvgIpc) is 2.51. The van der Waals surface area contributed by atoms with Crippen molar-refractivity contribution in [1.29, 1.82) is 0 Å². The second-order valence-electron chi connectivity index (χ2n) is 4.26. The number of rotatable bonds is 5. The van der Waals surface area contributed by atoms with E-state index in [1.165, 1.54) is 6.20 Å². The first-order chi connectivity index (χ1) is 10.2. The number of benzene rings is 1. The van der Waals surface area contributed by atoms with Crippen LogP contribution in [-0.4, -0.2) is 33.9 Å². The summed E-state index contributed by atoms with van der Waals surface area (Å²) in [5.41, 5.74) is 1.46. The normalized spacial score (nSPS) is 10.7. The summed E-state index contributed by atoms with van der Waals surface area (Å²) in [4.78, 5) is 24.9. The topological polar surface area (TPSA) is 78.7 Å². The first-order valence-corrected chi connectivity index (χ1v) is 6.58. The van der Waals surface area contributed by atoms with Gasteiger partial charge in [0.25, 0.3) is 0 Å². The molecule has 1 N–H and O–H groups in total. The third-order valence-corrected chi connectivity index (χ3v) is 2.73. The van der Waals surface area contributed by atoms with Gasteiger partial charge >= 0.3 is 6.09 Å². The van der Waals surface area contributed by atoms with Gasteiger partial charge < -0.3 is 5.11 Å². The Balaban J connectivity index is 2.26. The lowest BCUT2D eigenvalue weighted by molar-refractivity contribution is 0.201. The Hall–Kier alpha value is -2.76. The molecule has 1 aromatic heterocycles. The Morgan fingerprint density at radius 3 is 2.76 bits per heavy atom. The van der Waals surface area contributed by atoms with Crippen LogP contribution in [0.5, 0.6) is 0 Å². The minimum atomic E-state index is -1.09. The minimum absolute atomic E-state index is 0.145. The zero-order chi connectivity index (χ0) is 15.1. The fourth-order valence-corrected chi connectivity index (χ4v) is 1.74. The molecule has 108 valence electrons. The van der Waals surface area contributed by atoms with Crippen LogP contribution in [0.1, 0.15) is 18.2 Å². The monoisotopic (exact) mass is 284 g/mol. The van der Waals surface area contributed by atoms with Crippen LogP contribution < -0.4 is 4.90 Å². The van der Waals surface area contributed by atoms with Crippen molar-refractivity contribution >= 4 is 18.3 Å². The number of nitrogens with zero attached hydrogens (tertiary/aromatic N) is 4. The summed E-state index contributed by atoms with van der Waals surface area (Å²) >= 11 is 0. The molecule has 0 bridgehead atoms. The Morgan fingerprint density at radius 2 is 2.10 bits per heavy atom. The van der Waals surface area contributed by atoms with Gasteiger partial charge in [-0.3, -0.25) is 4.99 Å². The summed E-state index contributed by atoms with van der Waals surface area (Å²) in [6, 6.07) is 11.0. The van der Waals surface area contributed by atoms with E-state index in [1.54, 1.807) is 12.3 Å². The van der Waals surface area contributed by atoms with Gasteiger partial charge in [0.15, 0.2) is 0 Å². The molecule has 1 heterocycles. The van der Waals surface area contributed by atoms with Crippen molar-refractivity contribution in [3.8, 4) is 0 Å². The lowest BCUT2D eigenvalue weighted by Gasteiger charge is -2.17. The number of aromatic nitrogens is 2. The summed E-state index contributed by atoms with van der Waals surface area (Å²) in [7, 11) is 0. The number of carbonyl (C=O) groups is 1. The van der Waals surface area contributed by atoms with Gasteiger partial charge in [-0.25, -0.2) is 19.7 Å². The summed E-state index contributed by atoms with van der Waals surface area (Å²) in [5.74, 6) is 0.145. The van der Waals surface area contributed by atoms with Gasteiger partial charge in [0.05, 0.1) is 12.2 Å². The van der Waals surface area contributed by atoms with E-state index in [0.717, 1.165) is 10.5 Å². The number of carboxylic acid groups (broad SMARTS) is 1. The molecule has 0 atom stereocenters. The van der Waals surface area contributed by atoms with Crippen molar-refractivity contribution in [2.75, 3.05) is 11.4 Å². The molecule has 6 nitrogen and oxygen atoms in total. The van der Waals surface area contributed by atoms with Crippen molar-refractivity contribution in [1.82, 2.24) is 9.97 Å². The molecule has 0 saturated heterocycles. The Morgan fingerprint density at radius 1 is 1.33 bits per heavy atom. The maximum absolute atomic E-state index is 11.4. The molecule has 6 heteroatoms. The highest BCUT2D eigenvalue weighted by Crippen LogP contribution is 2.12. The van der Waals surface area contributed by atoms with Gasteiger partial charge in [0.2, 0.25) is 5.95 Å². The molecule has 1 amide bonds. The maximum Gasteiger partial charge on any atom is 0.414 e. The zero-order valence-corrected chi connectivity index (χ0v) is 11.7. The van der Waals surface area contributed by atoms with E-state index < -0.39 is 6.09 Å². The van der Waals surface area contributed by atoms with Crippen LogP contribution in [0.4, 0.5) is 10.7 Å².